The number of nitro benzene ring substituents is 1. The monoisotopic (exact) mass is 496 g/mol. The molecule has 1 saturated carbocycles. The predicted octanol–water partition coefficient (Wildman–Crippen LogP) is 5.13. The molecule has 1 aliphatic rings. The number of nitrogens with one attached hydrogen (secondary N) is 1. The van der Waals surface area contributed by atoms with Crippen molar-refractivity contribution in [3.05, 3.63) is 52.8 Å². The zero-order chi connectivity index (χ0) is 24.8. The number of nitrogens with zero attached hydrogens (tertiary/aromatic N) is 5. The molecule has 1 aliphatic carbocycles. The van der Waals surface area contributed by atoms with Crippen LogP contribution in [0.5, 0.6) is 5.75 Å². The van der Waals surface area contributed by atoms with Crippen molar-refractivity contribution < 1.29 is 14.5 Å². The van der Waals surface area contributed by atoms with E-state index in [4.69, 9.17) is 4.74 Å². The fourth-order valence-electron chi connectivity index (χ4n) is 4.39. The largest absolute Gasteiger partial charge is 0.494 e. The Bertz CT molecular complexity index is 1190. The predicted molar refractivity (Wildman–Crippen MR) is 134 cm³/mol. The van der Waals surface area contributed by atoms with Gasteiger partial charge in [-0.15, -0.1) is 10.2 Å². The number of thioether (sulfide) groups is 1. The van der Waals surface area contributed by atoms with Crippen LogP contribution in [0.25, 0.3) is 11.4 Å². The van der Waals surface area contributed by atoms with Crippen molar-refractivity contribution in [2.24, 2.45) is 5.92 Å². The van der Waals surface area contributed by atoms with Gasteiger partial charge in [0.1, 0.15) is 11.4 Å². The van der Waals surface area contributed by atoms with Crippen molar-refractivity contribution in [1.82, 2.24) is 19.7 Å². The van der Waals surface area contributed by atoms with E-state index in [0.29, 0.717) is 23.4 Å². The van der Waals surface area contributed by atoms with E-state index in [1.165, 1.54) is 30.3 Å². The van der Waals surface area contributed by atoms with Crippen LogP contribution in [0.2, 0.25) is 0 Å². The van der Waals surface area contributed by atoms with Crippen LogP contribution in [-0.4, -0.2) is 42.9 Å². The van der Waals surface area contributed by atoms with Gasteiger partial charge in [-0.3, -0.25) is 24.5 Å². The fourth-order valence-corrected chi connectivity index (χ4v) is 5.18. The van der Waals surface area contributed by atoms with Crippen LogP contribution in [0, 0.1) is 16.0 Å². The summed E-state index contributed by atoms with van der Waals surface area (Å²) >= 11 is 1.27. The molecule has 11 heteroatoms. The van der Waals surface area contributed by atoms with E-state index < -0.39 is 4.92 Å². The van der Waals surface area contributed by atoms with Gasteiger partial charge in [-0.05, 0) is 49.9 Å². The quantitative estimate of drug-likeness (QED) is 0.246. The van der Waals surface area contributed by atoms with E-state index in [1.54, 1.807) is 25.4 Å². The van der Waals surface area contributed by atoms with Crippen molar-refractivity contribution in [2.45, 2.75) is 50.7 Å². The van der Waals surface area contributed by atoms with Crippen molar-refractivity contribution in [3.8, 4) is 17.1 Å². The number of aromatic nitrogens is 4. The molecule has 0 spiro atoms. The number of benzene rings is 1. The molecule has 0 radical (unpaired) electrons. The van der Waals surface area contributed by atoms with Crippen molar-refractivity contribution >= 4 is 29.0 Å². The van der Waals surface area contributed by atoms with Gasteiger partial charge >= 0.3 is 0 Å². The highest BCUT2D eigenvalue weighted by Crippen LogP contribution is 2.39. The van der Waals surface area contributed by atoms with Crippen LogP contribution in [0.1, 0.15) is 45.6 Å². The van der Waals surface area contributed by atoms with E-state index in [-0.39, 0.29) is 29.1 Å². The first kappa shape index (κ1) is 24.6. The molecule has 2 unspecified atom stereocenters. The summed E-state index contributed by atoms with van der Waals surface area (Å²) in [5, 5.41) is 23.6. The lowest BCUT2D eigenvalue weighted by atomic mass is 9.85. The van der Waals surface area contributed by atoms with Crippen LogP contribution < -0.4 is 10.1 Å². The van der Waals surface area contributed by atoms with Gasteiger partial charge in [-0.25, -0.2) is 0 Å². The maximum Gasteiger partial charge on any atom is 0.296 e. The minimum atomic E-state index is -0.535. The molecule has 2 atom stereocenters. The lowest BCUT2D eigenvalue weighted by Gasteiger charge is -2.31. The van der Waals surface area contributed by atoms with E-state index in [0.717, 1.165) is 30.7 Å². The maximum absolute atomic E-state index is 12.7. The molecule has 4 rings (SSSR count). The maximum atomic E-state index is 12.7. The second-order valence-electron chi connectivity index (χ2n) is 8.45. The second-order valence-corrected chi connectivity index (χ2v) is 9.40. The van der Waals surface area contributed by atoms with Crippen LogP contribution in [-0.2, 0) is 4.79 Å². The molecule has 1 amide bonds. The highest BCUT2D eigenvalue weighted by Gasteiger charge is 2.29. The summed E-state index contributed by atoms with van der Waals surface area (Å²) in [6.45, 7) is 4.43. The minimum Gasteiger partial charge on any atom is -0.494 e. The molecule has 1 aromatic carbocycles. The van der Waals surface area contributed by atoms with Gasteiger partial charge in [0.05, 0.1) is 23.3 Å². The molecule has 1 N–H and O–H groups in total. The number of anilines is 1. The SMILES string of the molecule is CCOc1ccc(NC(=O)CSc2nnc(-c3cccnc3)n2C2CCCCC2C)c([N+](=O)[O-])c1. The first-order valence-electron chi connectivity index (χ1n) is 11.7. The zero-order valence-electron chi connectivity index (χ0n) is 19.7. The summed E-state index contributed by atoms with van der Waals surface area (Å²) in [6.07, 6.45) is 7.96. The summed E-state index contributed by atoms with van der Waals surface area (Å²) in [5.74, 6) is 1.24. The second kappa shape index (κ2) is 11.3. The number of pyridine rings is 1. The lowest BCUT2D eigenvalue weighted by Crippen LogP contribution is -2.23. The Kier molecular flexibility index (Phi) is 7.96. The van der Waals surface area contributed by atoms with E-state index >= 15 is 0 Å². The van der Waals surface area contributed by atoms with Crippen LogP contribution in [0.15, 0.2) is 47.9 Å². The van der Waals surface area contributed by atoms with Gasteiger partial charge in [-0.1, -0.05) is 31.5 Å². The van der Waals surface area contributed by atoms with Gasteiger partial charge in [0.25, 0.3) is 5.69 Å². The summed E-state index contributed by atoms with van der Waals surface area (Å²) in [4.78, 5) is 27.9. The standard InChI is InChI=1S/C24H28N6O4S/c1-3-34-18-10-11-19(21(13-18)30(32)33)26-22(31)15-35-24-28-27-23(17-8-6-12-25-14-17)29(24)20-9-5-4-7-16(20)2/h6,8,10-14,16,20H,3-5,7,9,15H2,1-2H3,(H,26,31). The third-order valence-electron chi connectivity index (χ3n) is 6.07. The Morgan fingerprint density at radius 2 is 2.11 bits per heavy atom. The Labute approximate surface area is 207 Å². The number of carbonyl (C=O) groups excluding carboxylic acids is 1. The van der Waals surface area contributed by atoms with Crippen molar-refractivity contribution in [2.75, 3.05) is 17.7 Å². The molecule has 0 aliphatic heterocycles. The number of ether oxygens (including phenoxy) is 1. The van der Waals surface area contributed by atoms with Gasteiger partial charge in [0.15, 0.2) is 11.0 Å². The number of amides is 1. The number of carbonyl (C=O) groups is 1. The molecular formula is C24H28N6O4S. The Morgan fingerprint density at radius 3 is 2.83 bits per heavy atom. The summed E-state index contributed by atoms with van der Waals surface area (Å²) < 4.78 is 7.47. The number of rotatable bonds is 9. The average Bonchev–Trinajstić information content (AvgIpc) is 3.28. The average molecular weight is 497 g/mol. The molecule has 2 aromatic heterocycles. The minimum absolute atomic E-state index is 0.0383. The number of nitro groups is 1. The Hall–Kier alpha value is -3.47. The van der Waals surface area contributed by atoms with Crippen molar-refractivity contribution in [3.63, 3.8) is 0 Å². The molecule has 184 valence electrons. The fraction of sp³-hybridized carbons (Fsp3) is 0.417. The molecule has 2 heterocycles. The van der Waals surface area contributed by atoms with Gasteiger partial charge in [-0.2, -0.15) is 0 Å². The third-order valence-corrected chi connectivity index (χ3v) is 7.01. The Balaban J connectivity index is 1.53. The first-order valence-corrected chi connectivity index (χ1v) is 12.7. The van der Waals surface area contributed by atoms with Crippen LogP contribution >= 0.6 is 11.8 Å². The molecule has 0 saturated heterocycles. The number of hydrogen-bond donors (Lipinski definition) is 1. The molecular weight excluding hydrogens is 468 g/mol. The smallest absolute Gasteiger partial charge is 0.296 e. The summed E-state index contributed by atoms with van der Waals surface area (Å²) in [6, 6.07) is 8.44. The molecule has 0 bridgehead atoms. The van der Waals surface area contributed by atoms with Gasteiger partial charge in [0.2, 0.25) is 5.91 Å². The third kappa shape index (κ3) is 5.79. The first-order chi connectivity index (χ1) is 17.0. The normalized spacial score (nSPS) is 17.7. The zero-order valence-corrected chi connectivity index (χ0v) is 20.5. The molecule has 1 fully saturated rings. The topological polar surface area (TPSA) is 125 Å². The Morgan fingerprint density at radius 1 is 1.29 bits per heavy atom. The van der Waals surface area contributed by atoms with Gasteiger partial charge < -0.3 is 10.1 Å². The summed E-state index contributed by atoms with van der Waals surface area (Å²) in [5.41, 5.74) is 0.786. The van der Waals surface area contributed by atoms with Crippen LogP contribution in [0.4, 0.5) is 11.4 Å². The molecule has 3 aromatic rings. The van der Waals surface area contributed by atoms with E-state index in [2.05, 4.69) is 32.0 Å². The van der Waals surface area contributed by atoms with E-state index in [1.807, 2.05) is 12.1 Å². The highest BCUT2D eigenvalue weighted by atomic mass is 32.2. The molecule has 10 nitrogen and oxygen atoms in total. The molecule has 35 heavy (non-hydrogen) atoms. The van der Waals surface area contributed by atoms with E-state index in [9.17, 15) is 14.9 Å². The summed E-state index contributed by atoms with van der Waals surface area (Å²) in [7, 11) is 0. The highest BCUT2D eigenvalue weighted by molar-refractivity contribution is 7.99. The van der Waals surface area contributed by atoms with Gasteiger partial charge in [0, 0.05) is 24.0 Å². The van der Waals surface area contributed by atoms with Crippen molar-refractivity contribution in [1.29, 1.82) is 0 Å². The number of hydrogen-bond acceptors (Lipinski definition) is 8. The van der Waals surface area contributed by atoms with Crippen LogP contribution in [0.3, 0.4) is 0 Å². The lowest BCUT2D eigenvalue weighted by molar-refractivity contribution is -0.384.